The summed E-state index contributed by atoms with van der Waals surface area (Å²) >= 11 is 0. The van der Waals surface area contributed by atoms with Crippen molar-refractivity contribution < 1.29 is 4.74 Å². The molecule has 0 bridgehead atoms. The molecule has 0 radical (unpaired) electrons. The number of unbranched alkanes of at least 4 members (excludes halogenated alkanes) is 2. The maximum absolute atomic E-state index is 5.38. The third kappa shape index (κ3) is 9.43. The lowest BCUT2D eigenvalue weighted by atomic mass is 10.0. The molecule has 0 saturated heterocycles. The fourth-order valence-electron chi connectivity index (χ4n) is 1.16. The lowest BCUT2D eigenvalue weighted by molar-refractivity contribution is 0.130. The molecule has 0 aliphatic carbocycles. The summed E-state index contributed by atoms with van der Waals surface area (Å²) in [6.45, 7) is 6.06. The molecule has 0 aliphatic rings. The fourth-order valence-corrected chi connectivity index (χ4v) is 1.16. The molecule has 0 aromatic heterocycles. The van der Waals surface area contributed by atoms with Crippen LogP contribution in [0, 0.1) is 18.3 Å². The van der Waals surface area contributed by atoms with Crippen LogP contribution in [-0.4, -0.2) is 13.2 Å². The minimum atomic E-state index is 0.441. The Labute approximate surface area is 82.9 Å². The van der Waals surface area contributed by atoms with Gasteiger partial charge >= 0.3 is 0 Å². The maximum atomic E-state index is 5.38. The second-order valence-electron chi connectivity index (χ2n) is 3.53. The molecule has 1 heteroatoms. The number of hydrogen-bond acceptors (Lipinski definition) is 1. The molecule has 0 spiro atoms. The molecule has 1 atom stereocenters. The first-order valence-electron chi connectivity index (χ1n) is 5.35. The van der Waals surface area contributed by atoms with E-state index in [1.54, 1.807) is 0 Å². The Bertz CT molecular complexity index is 135. The second-order valence-corrected chi connectivity index (χ2v) is 3.53. The van der Waals surface area contributed by atoms with Gasteiger partial charge in [-0.1, -0.05) is 26.7 Å². The number of hydrogen-bond donors (Lipinski definition) is 0. The van der Waals surface area contributed by atoms with Gasteiger partial charge in [0.05, 0.1) is 0 Å². The molecule has 1 unspecified atom stereocenters. The predicted octanol–water partition coefficient (Wildman–Crippen LogP) is 3.24. The van der Waals surface area contributed by atoms with Crippen LogP contribution in [0.25, 0.3) is 0 Å². The molecule has 13 heavy (non-hydrogen) atoms. The molecule has 0 rings (SSSR count). The number of terminal acetylenes is 1. The summed E-state index contributed by atoms with van der Waals surface area (Å²) in [5, 5.41) is 0. The van der Waals surface area contributed by atoms with Gasteiger partial charge in [-0.15, -0.1) is 12.3 Å². The summed E-state index contributed by atoms with van der Waals surface area (Å²) in [5.74, 6) is 3.19. The van der Waals surface area contributed by atoms with Gasteiger partial charge in [-0.2, -0.15) is 0 Å². The van der Waals surface area contributed by atoms with E-state index in [0.717, 1.165) is 26.1 Å². The fraction of sp³-hybridized carbons (Fsp3) is 0.833. The van der Waals surface area contributed by atoms with Crippen molar-refractivity contribution in [2.45, 2.75) is 46.0 Å². The zero-order valence-electron chi connectivity index (χ0n) is 9.01. The molecule has 0 amide bonds. The van der Waals surface area contributed by atoms with Gasteiger partial charge in [0.1, 0.15) is 0 Å². The molecule has 0 fully saturated rings. The maximum Gasteiger partial charge on any atom is 0.0466 e. The average Bonchev–Trinajstić information content (AvgIpc) is 2.16. The smallest absolute Gasteiger partial charge is 0.0466 e. The predicted molar refractivity (Wildman–Crippen MR) is 57.6 cm³/mol. The van der Waals surface area contributed by atoms with Crippen molar-refractivity contribution in [2.24, 2.45) is 5.92 Å². The van der Waals surface area contributed by atoms with Crippen LogP contribution in [-0.2, 0) is 4.74 Å². The molecule has 0 aromatic rings. The zero-order valence-corrected chi connectivity index (χ0v) is 9.01. The van der Waals surface area contributed by atoms with Crippen LogP contribution in [0.4, 0.5) is 0 Å². The van der Waals surface area contributed by atoms with Crippen LogP contribution in [0.3, 0.4) is 0 Å². The molecule has 0 heterocycles. The average molecular weight is 182 g/mol. The third-order valence-corrected chi connectivity index (χ3v) is 2.06. The highest BCUT2D eigenvalue weighted by Crippen LogP contribution is 2.07. The molecule has 0 aliphatic heterocycles. The Kier molecular flexibility index (Phi) is 9.25. The minimum Gasteiger partial charge on any atom is -0.381 e. The van der Waals surface area contributed by atoms with Crippen LogP contribution in [0.1, 0.15) is 46.0 Å². The first-order chi connectivity index (χ1) is 6.31. The van der Waals surface area contributed by atoms with Gasteiger partial charge in [0.2, 0.25) is 0 Å². The lowest BCUT2D eigenvalue weighted by Gasteiger charge is -2.04. The van der Waals surface area contributed by atoms with Crippen molar-refractivity contribution in [1.82, 2.24) is 0 Å². The summed E-state index contributed by atoms with van der Waals surface area (Å²) in [7, 11) is 0. The lowest BCUT2D eigenvalue weighted by Crippen LogP contribution is -1.96. The highest BCUT2D eigenvalue weighted by Gasteiger charge is 1.96. The monoisotopic (exact) mass is 182 g/mol. The summed E-state index contributed by atoms with van der Waals surface area (Å²) in [6, 6.07) is 0. The van der Waals surface area contributed by atoms with Crippen LogP contribution in [0.15, 0.2) is 0 Å². The molecule has 0 N–H and O–H groups in total. The topological polar surface area (TPSA) is 9.23 Å². The first-order valence-corrected chi connectivity index (χ1v) is 5.35. The highest BCUT2D eigenvalue weighted by atomic mass is 16.5. The van der Waals surface area contributed by atoms with E-state index in [1.807, 2.05) is 0 Å². The van der Waals surface area contributed by atoms with Crippen molar-refractivity contribution >= 4 is 0 Å². The van der Waals surface area contributed by atoms with Crippen molar-refractivity contribution in [2.75, 3.05) is 13.2 Å². The Morgan fingerprint density at radius 1 is 1.23 bits per heavy atom. The van der Waals surface area contributed by atoms with Gasteiger partial charge in [0, 0.05) is 19.1 Å². The van der Waals surface area contributed by atoms with Gasteiger partial charge in [-0.05, 0) is 19.3 Å². The Morgan fingerprint density at radius 3 is 2.62 bits per heavy atom. The molecule has 0 saturated carbocycles. The van der Waals surface area contributed by atoms with Gasteiger partial charge < -0.3 is 4.74 Å². The molecular weight excluding hydrogens is 160 g/mol. The summed E-state index contributed by atoms with van der Waals surface area (Å²) in [4.78, 5) is 0. The first kappa shape index (κ1) is 12.5. The summed E-state index contributed by atoms with van der Waals surface area (Å²) in [5.41, 5.74) is 0. The van der Waals surface area contributed by atoms with Crippen molar-refractivity contribution in [3.63, 3.8) is 0 Å². The van der Waals surface area contributed by atoms with Crippen molar-refractivity contribution in [3.05, 3.63) is 0 Å². The van der Waals surface area contributed by atoms with E-state index in [1.165, 1.54) is 19.3 Å². The van der Waals surface area contributed by atoms with E-state index < -0.39 is 0 Å². The molecule has 0 aromatic carbocycles. The van der Waals surface area contributed by atoms with E-state index in [0.29, 0.717) is 5.92 Å². The highest BCUT2D eigenvalue weighted by molar-refractivity contribution is 4.89. The molecule has 1 nitrogen and oxygen atoms in total. The van der Waals surface area contributed by atoms with Gasteiger partial charge in [-0.25, -0.2) is 0 Å². The second kappa shape index (κ2) is 9.61. The van der Waals surface area contributed by atoms with Crippen LogP contribution >= 0.6 is 0 Å². The minimum absolute atomic E-state index is 0.441. The van der Waals surface area contributed by atoms with E-state index in [4.69, 9.17) is 11.2 Å². The van der Waals surface area contributed by atoms with E-state index in [-0.39, 0.29) is 0 Å². The van der Waals surface area contributed by atoms with Crippen LogP contribution in [0.2, 0.25) is 0 Å². The van der Waals surface area contributed by atoms with Gasteiger partial charge in [0.15, 0.2) is 0 Å². The van der Waals surface area contributed by atoms with Crippen molar-refractivity contribution in [1.29, 1.82) is 0 Å². The largest absolute Gasteiger partial charge is 0.381 e. The van der Waals surface area contributed by atoms with Gasteiger partial charge in [-0.3, -0.25) is 0 Å². The molecule has 76 valence electrons. The quantitative estimate of drug-likeness (QED) is 0.413. The Balaban J connectivity index is 2.96. The zero-order chi connectivity index (χ0) is 9.94. The van der Waals surface area contributed by atoms with E-state index in [2.05, 4.69) is 19.8 Å². The third-order valence-electron chi connectivity index (χ3n) is 2.06. The van der Waals surface area contributed by atoms with Crippen molar-refractivity contribution in [3.8, 4) is 12.3 Å². The SMILES string of the molecule is C#CC(C)CCCCCOCCC. The Morgan fingerprint density at radius 2 is 2.00 bits per heavy atom. The van der Waals surface area contributed by atoms with E-state index in [9.17, 15) is 0 Å². The Hall–Kier alpha value is -0.480. The van der Waals surface area contributed by atoms with E-state index >= 15 is 0 Å². The van der Waals surface area contributed by atoms with Gasteiger partial charge in [0.25, 0.3) is 0 Å². The number of rotatable bonds is 8. The summed E-state index contributed by atoms with van der Waals surface area (Å²) < 4.78 is 5.38. The van der Waals surface area contributed by atoms with Crippen LogP contribution < -0.4 is 0 Å². The summed E-state index contributed by atoms with van der Waals surface area (Å²) in [6.07, 6.45) is 11.2. The number of ether oxygens (including phenoxy) is 1. The standard InChI is InChI=1S/C12H22O/c1-4-10-13-11-8-6-7-9-12(3)5-2/h2,12H,4,6-11H2,1,3H3. The van der Waals surface area contributed by atoms with Crippen LogP contribution in [0.5, 0.6) is 0 Å². The molecular formula is C12H22O. The normalized spacial score (nSPS) is 12.4.